The number of nitrogens with one attached hydrogen (secondary N) is 2. The molecule has 0 unspecified atom stereocenters. The second-order valence-corrected chi connectivity index (χ2v) is 5.80. The molecule has 0 aliphatic rings. The van der Waals surface area contributed by atoms with Gasteiger partial charge in [0.05, 0.1) is 12.5 Å². The number of furan rings is 1. The molecular weight excluding hydrogens is 318 g/mol. The Morgan fingerprint density at radius 1 is 1.36 bits per heavy atom. The fraction of sp³-hybridized carbons (Fsp3) is 0.556. The molecule has 7 nitrogen and oxygen atoms in total. The standard InChI is InChI=1S/C18H29N5O2/c1-3-19-18(20-9-4-7-16-13-22-23(2)14-16)21-10-6-11-24-15-17-8-5-12-25-17/h5,8,12-14H,3-4,6-7,9-11,15H2,1-2H3,(H2,19,20,21). The fourth-order valence-corrected chi connectivity index (χ4v) is 2.37. The summed E-state index contributed by atoms with van der Waals surface area (Å²) < 4.78 is 12.6. The Morgan fingerprint density at radius 2 is 2.28 bits per heavy atom. The molecule has 2 rings (SSSR count). The van der Waals surface area contributed by atoms with Crippen molar-refractivity contribution in [2.24, 2.45) is 12.0 Å². The van der Waals surface area contributed by atoms with Crippen molar-refractivity contribution in [2.75, 3.05) is 26.2 Å². The molecule has 0 saturated heterocycles. The lowest BCUT2D eigenvalue weighted by Crippen LogP contribution is -2.38. The third-order valence-electron chi connectivity index (χ3n) is 3.58. The normalized spacial score (nSPS) is 11.7. The van der Waals surface area contributed by atoms with Gasteiger partial charge >= 0.3 is 0 Å². The van der Waals surface area contributed by atoms with E-state index in [0.717, 1.165) is 50.6 Å². The SMILES string of the molecule is CCNC(=NCCCc1cnn(C)c1)NCCCOCc1ccco1. The molecular formula is C18H29N5O2. The molecule has 0 aliphatic heterocycles. The molecule has 2 N–H and O–H groups in total. The molecule has 0 atom stereocenters. The van der Waals surface area contributed by atoms with E-state index in [1.165, 1.54) is 5.56 Å². The van der Waals surface area contributed by atoms with Crippen LogP contribution in [-0.2, 0) is 24.8 Å². The van der Waals surface area contributed by atoms with E-state index in [9.17, 15) is 0 Å². The lowest BCUT2D eigenvalue weighted by molar-refractivity contribution is 0.105. The van der Waals surface area contributed by atoms with Crippen LogP contribution in [0.1, 0.15) is 31.1 Å². The molecule has 138 valence electrons. The summed E-state index contributed by atoms with van der Waals surface area (Å²) in [6.45, 7) is 5.75. The molecule has 0 amide bonds. The second-order valence-electron chi connectivity index (χ2n) is 5.80. The van der Waals surface area contributed by atoms with E-state index in [1.807, 2.05) is 30.1 Å². The number of ether oxygens (including phenoxy) is 1. The Hall–Kier alpha value is -2.28. The van der Waals surface area contributed by atoms with Crippen molar-refractivity contribution in [1.29, 1.82) is 0 Å². The maximum Gasteiger partial charge on any atom is 0.191 e. The quantitative estimate of drug-likeness (QED) is 0.370. The monoisotopic (exact) mass is 347 g/mol. The molecule has 0 spiro atoms. The molecule has 2 aromatic rings. The van der Waals surface area contributed by atoms with Crippen LogP contribution in [0.5, 0.6) is 0 Å². The summed E-state index contributed by atoms with van der Waals surface area (Å²) >= 11 is 0. The largest absolute Gasteiger partial charge is 0.467 e. The van der Waals surface area contributed by atoms with Crippen LogP contribution in [0.2, 0.25) is 0 Å². The number of rotatable bonds is 11. The molecule has 7 heteroatoms. The van der Waals surface area contributed by atoms with Gasteiger partial charge in [0.1, 0.15) is 12.4 Å². The first kappa shape index (κ1) is 19.1. The fourth-order valence-electron chi connectivity index (χ4n) is 2.37. The molecule has 25 heavy (non-hydrogen) atoms. The van der Waals surface area contributed by atoms with Gasteiger partial charge in [0.15, 0.2) is 5.96 Å². The Kier molecular flexibility index (Phi) is 8.61. The zero-order valence-corrected chi connectivity index (χ0v) is 15.2. The van der Waals surface area contributed by atoms with Crippen molar-refractivity contribution in [3.05, 3.63) is 42.1 Å². The number of hydrogen-bond acceptors (Lipinski definition) is 4. The minimum absolute atomic E-state index is 0.523. The highest BCUT2D eigenvalue weighted by Crippen LogP contribution is 2.02. The number of hydrogen-bond donors (Lipinski definition) is 2. The van der Waals surface area contributed by atoms with Crippen LogP contribution in [-0.4, -0.2) is 42.0 Å². The van der Waals surface area contributed by atoms with Gasteiger partial charge < -0.3 is 19.8 Å². The summed E-state index contributed by atoms with van der Waals surface area (Å²) in [5.74, 6) is 1.72. The third-order valence-corrected chi connectivity index (χ3v) is 3.58. The molecule has 0 fully saturated rings. The highest BCUT2D eigenvalue weighted by atomic mass is 16.5. The predicted molar refractivity (Wildman–Crippen MR) is 98.5 cm³/mol. The van der Waals surface area contributed by atoms with Crippen LogP contribution in [0.4, 0.5) is 0 Å². The Labute approximate surface area is 149 Å². The van der Waals surface area contributed by atoms with Crippen molar-refractivity contribution < 1.29 is 9.15 Å². The van der Waals surface area contributed by atoms with Gasteiger partial charge in [0.2, 0.25) is 0 Å². The number of nitrogens with zero attached hydrogens (tertiary/aromatic N) is 3. The minimum atomic E-state index is 0.523. The third kappa shape index (κ3) is 7.89. The highest BCUT2D eigenvalue weighted by molar-refractivity contribution is 5.79. The van der Waals surface area contributed by atoms with Crippen molar-refractivity contribution in [2.45, 2.75) is 32.8 Å². The van der Waals surface area contributed by atoms with Gasteiger partial charge in [-0.15, -0.1) is 0 Å². The van der Waals surface area contributed by atoms with Gasteiger partial charge in [-0.05, 0) is 43.9 Å². The maximum atomic E-state index is 5.57. The summed E-state index contributed by atoms with van der Waals surface area (Å²) in [7, 11) is 1.94. The van der Waals surface area contributed by atoms with E-state index in [2.05, 4.69) is 33.8 Å². The average molecular weight is 347 g/mol. The summed E-state index contributed by atoms with van der Waals surface area (Å²) in [4.78, 5) is 4.61. The van der Waals surface area contributed by atoms with Crippen molar-refractivity contribution in [3.63, 3.8) is 0 Å². The van der Waals surface area contributed by atoms with Crippen molar-refractivity contribution in [3.8, 4) is 0 Å². The maximum absolute atomic E-state index is 5.57. The van der Waals surface area contributed by atoms with Crippen LogP contribution >= 0.6 is 0 Å². The Balaban J connectivity index is 1.56. The first-order chi connectivity index (χ1) is 12.3. The van der Waals surface area contributed by atoms with Gasteiger partial charge in [0, 0.05) is 39.5 Å². The van der Waals surface area contributed by atoms with E-state index in [-0.39, 0.29) is 0 Å². The van der Waals surface area contributed by atoms with E-state index >= 15 is 0 Å². The summed E-state index contributed by atoms with van der Waals surface area (Å²) in [5, 5.41) is 10.8. The van der Waals surface area contributed by atoms with Crippen LogP contribution < -0.4 is 10.6 Å². The number of aliphatic imine (C=N–C) groups is 1. The van der Waals surface area contributed by atoms with Gasteiger partial charge in [0.25, 0.3) is 0 Å². The van der Waals surface area contributed by atoms with Crippen LogP contribution in [0.3, 0.4) is 0 Å². The van der Waals surface area contributed by atoms with E-state index in [1.54, 1.807) is 6.26 Å². The predicted octanol–water partition coefficient (Wildman–Crippen LogP) is 2.11. The zero-order valence-electron chi connectivity index (χ0n) is 15.2. The Bertz CT molecular complexity index is 607. The van der Waals surface area contributed by atoms with Crippen molar-refractivity contribution >= 4 is 5.96 Å². The number of aryl methyl sites for hydroxylation is 2. The molecule has 0 aromatic carbocycles. The van der Waals surface area contributed by atoms with Gasteiger partial charge in [-0.2, -0.15) is 5.10 Å². The van der Waals surface area contributed by atoms with Crippen LogP contribution in [0.25, 0.3) is 0 Å². The van der Waals surface area contributed by atoms with E-state index in [0.29, 0.717) is 13.2 Å². The zero-order chi connectivity index (χ0) is 17.7. The molecule has 0 aliphatic carbocycles. The number of guanidine groups is 1. The summed E-state index contributed by atoms with van der Waals surface area (Å²) in [5.41, 5.74) is 1.25. The first-order valence-electron chi connectivity index (χ1n) is 8.87. The summed E-state index contributed by atoms with van der Waals surface area (Å²) in [6, 6.07) is 3.79. The minimum Gasteiger partial charge on any atom is -0.467 e. The van der Waals surface area contributed by atoms with Gasteiger partial charge in [-0.25, -0.2) is 0 Å². The lowest BCUT2D eigenvalue weighted by Gasteiger charge is -2.11. The van der Waals surface area contributed by atoms with Crippen LogP contribution in [0.15, 0.2) is 40.2 Å². The molecule has 0 radical (unpaired) electrons. The van der Waals surface area contributed by atoms with Crippen LogP contribution in [0, 0.1) is 0 Å². The molecule has 2 aromatic heterocycles. The topological polar surface area (TPSA) is 76.6 Å². The average Bonchev–Trinajstić information content (AvgIpc) is 3.26. The Morgan fingerprint density at radius 3 is 3.00 bits per heavy atom. The molecule has 2 heterocycles. The number of aromatic nitrogens is 2. The molecule has 0 saturated carbocycles. The van der Waals surface area contributed by atoms with Gasteiger partial charge in [-0.1, -0.05) is 0 Å². The van der Waals surface area contributed by atoms with E-state index < -0.39 is 0 Å². The summed E-state index contributed by atoms with van der Waals surface area (Å²) in [6.07, 6.45) is 8.55. The van der Waals surface area contributed by atoms with Gasteiger partial charge in [-0.3, -0.25) is 9.67 Å². The first-order valence-corrected chi connectivity index (χ1v) is 8.87. The highest BCUT2D eigenvalue weighted by Gasteiger charge is 1.99. The second kappa shape index (κ2) is 11.3. The van der Waals surface area contributed by atoms with Crippen molar-refractivity contribution in [1.82, 2.24) is 20.4 Å². The lowest BCUT2D eigenvalue weighted by atomic mass is 10.2. The smallest absolute Gasteiger partial charge is 0.191 e. The van der Waals surface area contributed by atoms with E-state index in [4.69, 9.17) is 9.15 Å². The molecule has 0 bridgehead atoms.